The highest BCUT2D eigenvalue weighted by Gasteiger charge is 1.88. The molecule has 1 heterocycles. The van der Waals surface area contributed by atoms with Gasteiger partial charge in [0, 0.05) is 12.1 Å². The number of nitrogens with one attached hydrogen (secondary N) is 1. The Morgan fingerprint density at radius 1 is 1.44 bits per heavy atom. The highest BCUT2D eigenvalue weighted by atomic mass is 16.5. The number of nitrogen functional groups attached to an aromatic ring is 1. The highest BCUT2D eigenvalue weighted by Crippen LogP contribution is 1.97. The smallest absolute Gasteiger partial charge is 0.182 e. The summed E-state index contributed by atoms with van der Waals surface area (Å²) >= 11 is 0. The van der Waals surface area contributed by atoms with E-state index in [1.807, 2.05) is 0 Å². The van der Waals surface area contributed by atoms with Gasteiger partial charge in [-0.2, -0.15) is 4.73 Å². The van der Waals surface area contributed by atoms with Gasteiger partial charge in [-0.3, -0.25) is 5.84 Å². The van der Waals surface area contributed by atoms with E-state index in [9.17, 15) is 5.21 Å². The summed E-state index contributed by atoms with van der Waals surface area (Å²) in [6, 6.07) is 3.18. The van der Waals surface area contributed by atoms with Crippen LogP contribution in [0.1, 0.15) is 0 Å². The summed E-state index contributed by atoms with van der Waals surface area (Å²) in [6.07, 6.45) is 2.74. The van der Waals surface area contributed by atoms with E-state index in [4.69, 9.17) is 5.84 Å². The number of pyridine rings is 1. The molecule has 0 aliphatic carbocycles. The summed E-state index contributed by atoms with van der Waals surface area (Å²) in [5.74, 6) is 5.04. The van der Waals surface area contributed by atoms with Crippen molar-refractivity contribution < 1.29 is 4.73 Å². The molecule has 4 heteroatoms. The lowest BCUT2D eigenvalue weighted by molar-refractivity contribution is -0.605. The molecule has 0 radical (unpaired) electrons. The van der Waals surface area contributed by atoms with Crippen molar-refractivity contribution >= 4 is 5.69 Å². The fraction of sp³-hybridized carbons (Fsp3) is 0. The van der Waals surface area contributed by atoms with E-state index in [0.29, 0.717) is 4.73 Å². The van der Waals surface area contributed by atoms with Gasteiger partial charge in [-0.25, -0.2) is 0 Å². The lowest BCUT2D eigenvalue weighted by Crippen LogP contribution is -2.24. The van der Waals surface area contributed by atoms with Crippen LogP contribution in [0.5, 0.6) is 0 Å². The molecule has 1 aromatic rings. The molecule has 0 bridgehead atoms. The first-order valence-corrected chi connectivity index (χ1v) is 2.48. The molecule has 1 aromatic heterocycles. The number of rotatable bonds is 1. The Morgan fingerprint density at radius 3 is 2.44 bits per heavy atom. The van der Waals surface area contributed by atoms with Crippen molar-refractivity contribution in [3.05, 3.63) is 29.7 Å². The van der Waals surface area contributed by atoms with Crippen LogP contribution in [0.2, 0.25) is 0 Å². The van der Waals surface area contributed by atoms with Crippen LogP contribution in [0.3, 0.4) is 0 Å². The molecule has 9 heavy (non-hydrogen) atoms. The third kappa shape index (κ3) is 1.30. The molecule has 0 spiro atoms. The second kappa shape index (κ2) is 2.32. The van der Waals surface area contributed by atoms with Crippen molar-refractivity contribution in [2.75, 3.05) is 5.43 Å². The number of nitrogens with zero attached hydrogens (tertiary/aromatic N) is 1. The SMILES string of the molecule is NNc1cc[n+]([O-])cc1. The molecule has 0 aliphatic rings. The van der Waals surface area contributed by atoms with Crippen LogP contribution < -0.4 is 16.0 Å². The summed E-state index contributed by atoms with van der Waals surface area (Å²) in [7, 11) is 0. The van der Waals surface area contributed by atoms with Crippen LogP contribution >= 0.6 is 0 Å². The van der Waals surface area contributed by atoms with E-state index in [1.54, 1.807) is 12.1 Å². The van der Waals surface area contributed by atoms with Gasteiger partial charge in [0.15, 0.2) is 12.4 Å². The fourth-order valence-corrected chi connectivity index (χ4v) is 0.509. The Bertz CT molecular complexity index is 184. The van der Waals surface area contributed by atoms with Gasteiger partial charge in [0.1, 0.15) is 0 Å². The summed E-state index contributed by atoms with van der Waals surface area (Å²) in [5.41, 5.74) is 3.13. The average Bonchev–Trinajstić information content (AvgIpc) is 1.90. The van der Waals surface area contributed by atoms with Gasteiger partial charge < -0.3 is 10.6 Å². The standard InChI is InChI=1S/C5H7N3O/c6-7-5-1-3-8(9)4-2-5/h1-4,7H,6H2. The average molecular weight is 125 g/mol. The van der Waals surface area contributed by atoms with Crippen LogP contribution in [-0.4, -0.2) is 0 Å². The molecule has 1 rings (SSSR count). The normalized spacial score (nSPS) is 9.00. The molecular formula is C5H7N3O. The molecule has 4 nitrogen and oxygen atoms in total. The van der Waals surface area contributed by atoms with Crippen molar-refractivity contribution in [1.29, 1.82) is 0 Å². The van der Waals surface area contributed by atoms with Crippen molar-refractivity contribution in [2.24, 2.45) is 5.84 Å². The lowest BCUT2D eigenvalue weighted by atomic mass is 10.4. The zero-order chi connectivity index (χ0) is 6.69. The topological polar surface area (TPSA) is 65.0 Å². The summed E-state index contributed by atoms with van der Waals surface area (Å²) in [6.45, 7) is 0. The first kappa shape index (κ1) is 5.84. The van der Waals surface area contributed by atoms with Gasteiger partial charge in [0.25, 0.3) is 0 Å². The fourth-order valence-electron chi connectivity index (χ4n) is 0.509. The second-order valence-corrected chi connectivity index (χ2v) is 1.59. The molecule has 0 aromatic carbocycles. The molecule has 0 atom stereocenters. The monoisotopic (exact) mass is 125 g/mol. The predicted molar refractivity (Wildman–Crippen MR) is 33.2 cm³/mol. The molecule has 3 N–H and O–H groups in total. The first-order valence-electron chi connectivity index (χ1n) is 2.48. The van der Waals surface area contributed by atoms with Crippen molar-refractivity contribution in [3.8, 4) is 0 Å². The molecular weight excluding hydrogens is 118 g/mol. The lowest BCUT2D eigenvalue weighted by Gasteiger charge is -1.97. The Hall–Kier alpha value is -1.29. The predicted octanol–water partition coefficient (Wildman–Crippen LogP) is -0.394. The zero-order valence-electron chi connectivity index (χ0n) is 4.74. The first-order chi connectivity index (χ1) is 4.33. The van der Waals surface area contributed by atoms with Crippen LogP contribution in [0.25, 0.3) is 0 Å². The minimum absolute atomic E-state index is 0.695. The van der Waals surface area contributed by atoms with Gasteiger partial charge in [-0.1, -0.05) is 0 Å². The minimum atomic E-state index is 0.695. The van der Waals surface area contributed by atoms with Gasteiger partial charge in [0.05, 0.1) is 5.69 Å². The summed E-state index contributed by atoms with van der Waals surface area (Å²) in [5, 5.41) is 10.4. The number of hydrazine groups is 1. The van der Waals surface area contributed by atoms with E-state index < -0.39 is 0 Å². The molecule has 0 aliphatic heterocycles. The third-order valence-electron chi connectivity index (χ3n) is 0.969. The third-order valence-corrected chi connectivity index (χ3v) is 0.969. The Kier molecular flexibility index (Phi) is 1.51. The van der Waals surface area contributed by atoms with Crippen LogP contribution in [-0.2, 0) is 0 Å². The Labute approximate surface area is 52.5 Å². The quantitative estimate of drug-likeness (QED) is 0.232. The Morgan fingerprint density at radius 2 is 2.00 bits per heavy atom. The molecule has 0 saturated carbocycles. The number of nitrogens with two attached hydrogens (primary N) is 1. The van der Waals surface area contributed by atoms with Crippen molar-refractivity contribution in [2.45, 2.75) is 0 Å². The van der Waals surface area contributed by atoms with E-state index in [0.717, 1.165) is 5.69 Å². The number of hydrogen-bond acceptors (Lipinski definition) is 3. The Balaban J connectivity index is 2.88. The minimum Gasteiger partial charge on any atom is -0.619 e. The summed E-state index contributed by atoms with van der Waals surface area (Å²) < 4.78 is 0.695. The number of anilines is 1. The van der Waals surface area contributed by atoms with E-state index in [1.165, 1.54) is 12.4 Å². The van der Waals surface area contributed by atoms with Gasteiger partial charge in [-0.05, 0) is 0 Å². The van der Waals surface area contributed by atoms with Gasteiger partial charge >= 0.3 is 0 Å². The largest absolute Gasteiger partial charge is 0.619 e. The molecule has 0 unspecified atom stereocenters. The van der Waals surface area contributed by atoms with Crippen molar-refractivity contribution in [1.82, 2.24) is 0 Å². The number of aromatic nitrogens is 1. The van der Waals surface area contributed by atoms with E-state index in [-0.39, 0.29) is 0 Å². The van der Waals surface area contributed by atoms with Gasteiger partial charge in [0.2, 0.25) is 0 Å². The van der Waals surface area contributed by atoms with Crippen LogP contribution in [0.15, 0.2) is 24.5 Å². The van der Waals surface area contributed by atoms with Crippen molar-refractivity contribution in [3.63, 3.8) is 0 Å². The second-order valence-electron chi connectivity index (χ2n) is 1.59. The summed E-state index contributed by atoms with van der Waals surface area (Å²) in [4.78, 5) is 0. The van der Waals surface area contributed by atoms with E-state index >= 15 is 0 Å². The number of hydrogen-bond donors (Lipinski definition) is 2. The molecule has 0 amide bonds. The molecule has 0 fully saturated rings. The molecule has 0 saturated heterocycles. The molecule has 48 valence electrons. The van der Waals surface area contributed by atoms with E-state index in [2.05, 4.69) is 5.43 Å². The highest BCUT2D eigenvalue weighted by molar-refractivity contribution is 5.37. The maximum absolute atomic E-state index is 10.4. The van der Waals surface area contributed by atoms with Crippen LogP contribution in [0.4, 0.5) is 5.69 Å². The zero-order valence-corrected chi connectivity index (χ0v) is 4.74. The van der Waals surface area contributed by atoms with Gasteiger partial charge in [-0.15, -0.1) is 0 Å². The maximum atomic E-state index is 10.4. The van der Waals surface area contributed by atoms with Crippen LogP contribution in [0, 0.1) is 5.21 Å². The maximum Gasteiger partial charge on any atom is 0.182 e.